The Hall–Kier alpha value is -1.23. The smallest absolute Gasteiger partial charge is 0.310 e. The van der Waals surface area contributed by atoms with E-state index in [1.807, 2.05) is 0 Å². The molecule has 0 aliphatic rings. The maximum absolute atomic E-state index is 12.7. The van der Waals surface area contributed by atoms with Crippen LogP contribution in [0.2, 0.25) is 0 Å². The van der Waals surface area contributed by atoms with Gasteiger partial charge < -0.3 is 4.74 Å². The first-order valence-corrected chi connectivity index (χ1v) is 5.59. The summed E-state index contributed by atoms with van der Waals surface area (Å²) in [4.78, 5) is 14.9. The van der Waals surface area contributed by atoms with Gasteiger partial charge in [-0.15, -0.1) is 11.6 Å². The normalized spacial score (nSPS) is 10.6. The lowest BCUT2D eigenvalue weighted by Gasteiger charge is -2.09. The first kappa shape index (κ1) is 13.8. The molecule has 6 heteroatoms. The number of alkyl halides is 3. The highest BCUT2D eigenvalue weighted by molar-refractivity contribution is 6.17. The third-order valence-electron chi connectivity index (χ3n) is 2.06. The molecule has 0 spiro atoms. The molecular weight excluding hydrogens is 252 g/mol. The molecular formula is C11H12ClF2NO2. The summed E-state index contributed by atoms with van der Waals surface area (Å²) in [6, 6.07) is 1.46. The molecule has 1 rings (SSSR count). The highest BCUT2D eigenvalue weighted by Gasteiger charge is 2.17. The van der Waals surface area contributed by atoms with E-state index in [1.165, 1.54) is 12.3 Å². The van der Waals surface area contributed by atoms with E-state index in [0.29, 0.717) is 5.56 Å². The lowest BCUT2D eigenvalue weighted by Crippen LogP contribution is -2.11. The largest absolute Gasteiger partial charge is 0.466 e. The summed E-state index contributed by atoms with van der Waals surface area (Å²) in [6.45, 7) is 1.87. The van der Waals surface area contributed by atoms with Crippen molar-refractivity contribution in [1.82, 2.24) is 4.98 Å². The van der Waals surface area contributed by atoms with Crippen molar-refractivity contribution < 1.29 is 18.3 Å². The molecule has 17 heavy (non-hydrogen) atoms. The summed E-state index contributed by atoms with van der Waals surface area (Å²) >= 11 is 5.58. The van der Waals surface area contributed by atoms with Gasteiger partial charge in [0.25, 0.3) is 6.43 Å². The Bertz CT molecular complexity index is 399. The minimum absolute atomic E-state index is 0.159. The van der Waals surface area contributed by atoms with E-state index < -0.39 is 18.1 Å². The molecule has 0 fully saturated rings. The Morgan fingerprint density at radius 1 is 1.59 bits per heavy atom. The van der Waals surface area contributed by atoms with Crippen LogP contribution in [0, 0.1) is 0 Å². The number of ether oxygens (including phenoxy) is 1. The average Bonchev–Trinajstić information content (AvgIpc) is 2.28. The molecule has 0 bridgehead atoms. The maximum Gasteiger partial charge on any atom is 0.310 e. The molecule has 3 nitrogen and oxygen atoms in total. The number of esters is 1. The molecule has 94 valence electrons. The number of rotatable bonds is 5. The second-order valence-corrected chi connectivity index (χ2v) is 3.57. The van der Waals surface area contributed by atoms with Crippen molar-refractivity contribution in [2.75, 3.05) is 6.61 Å². The summed E-state index contributed by atoms with van der Waals surface area (Å²) in [7, 11) is 0. The van der Waals surface area contributed by atoms with Crippen LogP contribution in [0.1, 0.15) is 30.2 Å². The van der Waals surface area contributed by atoms with E-state index in [4.69, 9.17) is 16.3 Å². The summed E-state index contributed by atoms with van der Waals surface area (Å²) in [5.41, 5.74) is 0.360. The quantitative estimate of drug-likeness (QED) is 0.606. The van der Waals surface area contributed by atoms with Gasteiger partial charge in [-0.25, -0.2) is 8.78 Å². The van der Waals surface area contributed by atoms with Gasteiger partial charge in [-0.05, 0) is 18.1 Å². The number of hydrogen-bond acceptors (Lipinski definition) is 3. The predicted octanol–water partition coefficient (Wildman–Crippen LogP) is 2.86. The number of halogens is 3. The molecule has 0 aromatic carbocycles. The number of hydrogen-bond donors (Lipinski definition) is 0. The van der Waals surface area contributed by atoms with Crippen LogP contribution < -0.4 is 0 Å². The van der Waals surface area contributed by atoms with Gasteiger partial charge in [0.05, 0.1) is 13.0 Å². The van der Waals surface area contributed by atoms with Gasteiger partial charge in [-0.1, -0.05) is 6.07 Å². The highest BCUT2D eigenvalue weighted by Crippen LogP contribution is 2.22. The zero-order chi connectivity index (χ0) is 12.8. The van der Waals surface area contributed by atoms with Crippen molar-refractivity contribution >= 4 is 17.6 Å². The second-order valence-electron chi connectivity index (χ2n) is 3.30. The zero-order valence-electron chi connectivity index (χ0n) is 9.25. The van der Waals surface area contributed by atoms with Gasteiger partial charge in [-0.2, -0.15) is 0 Å². The molecule has 0 radical (unpaired) electrons. The Morgan fingerprint density at radius 2 is 2.29 bits per heavy atom. The first-order valence-electron chi connectivity index (χ1n) is 5.05. The van der Waals surface area contributed by atoms with Gasteiger partial charge in [-0.3, -0.25) is 9.78 Å². The number of carbonyl (C=O) groups is 1. The number of pyridine rings is 1. The van der Waals surface area contributed by atoms with E-state index in [2.05, 4.69) is 4.98 Å². The second kappa shape index (κ2) is 6.49. The fourth-order valence-corrected chi connectivity index (χ4v) is 1.50. The standard InChI is InChI=1S/C11H12ClF2NO2/c1-2-17-9(16)4-8-3-7(5-12)6-15-10(8)11(13)14/h3,6,11H,2,4-5H2,1H3. The van der Waals surface area contributed by atoms with E-state index in [9.17, 15) is 13.6 Å². The summed E-state index contributed by atoms with van der Waals surface area (Å²) in [5.74, 6) is -0.394. The van der Waals surface area contributed by atoms with Crippen LogP contribution in [0.4, 0.5) is 8.78 Å². The Morgan fingerprint density at radius 3 is 2.82 bits per heavy atom. The molecule has 0 atom stereocenters. The molecule has 1 aromatic heterocycles. The van der Waals surface area contributed by atoms with Crippen molar-refractivity contribution in [3.63, 3.8) is 0 Å². The molecule has 1 heterocycles. The number of carbonyl (C=O) groups excluding carboxylic acids is 1. The van der Waals surface area contributed by atoms with Crippen LogP contribution in [-0.2, 0) is 21.8 Å². The SMILES string of the molecule is CCOC(=O)Cc1cc(CCl)cnc1C(F)F. The predicted molar refractivity (Wildman–Crippen MR) is 59.1 cm³/mol. The summed E-state index contributed by atoms with van der Waals surface area (Å²) < 4.78 is 30.0. The third-order valence-corrected chi connectivity index (χ3v) is 2.37. The summed E-state index contributed by atoms with van der Waals surface area (Å²) in [5, 5.41) is 0. The van der Waals surface area contributed by atoms with Crippen LogP contribution in [-0.4, -0.2) is 17.6 Å². The van der Waals surface area contributed by atoms with Gasteiger partial charge in [0.1, 0.15) is 5.69 Å². The Labute approximate surface area is 103 Å². The van der Waals surface area contributed by atoms with Crippen LogP contribution >= 0.6 is 11.6 Å². The van der Waals surface area contributed by atoms with Gasteiger partial charge in [0, 0.05) is 12.1 Å². The van der Waals surface area contributed by atoms with E-state index >= 15 is 0 Å². The molecule has 0 saturated carbocycles. The minimum Gasteiger partial charge on any atom is -0.466 e. The van der Waals surface area contributed by atoms with Crippen molar-refractivity contribution in [2.45, 2.75) is 25.7 Å². The van der Waals surface area contributed by atoms with Crippen molar-refractivity contribution in [2.24, 2.45) is 0 Å². The Balaban J connectivity index is 2.96. The molecule has 0 saturated heterocycles. The Kier molecular flexibility index (Phi) is 5.28. The van der Waals surface area contributed by atoms with Crippen LogP contribution in [0.3, 0.4) is 0 Å². The van der Waals surface area contributed by atoms with Gasteiger partial charge >= 0.3 is 5.97 Å². The number of aromatic nitrogens is 1. The molecule has 0 N–H and O–H groups in total. The van der Waals surface area contributed by atoms with Crippen LogP contribution in [0.5, 0.6) is 0 Å². The average molecular weight is 264 g/mol. The van der Waals surface area contributed by atoms with Crippen LogP contribution in [0.15, 0.2) is 12.3 Å². The molecule has 0 aliphatic heterocycles. The van der Waals surface area contributed by atoms with E-state index in [-0.39, 0.29) is 24.5 Å². The molecule has 0 aliphatic carbocycles. The van der Waals surface area contributed by atoms with Crippen molar-refractivity contribution in [1.29, 1.82) is 0 Å². The molecule has 0 amide bonds. The maximum atomic E-state index is 12.7. The van der Waals surface area contributed by atoms with Gasteiger partial charge in [0.15, 0.2) is 0 Å². The van der Waals surface area contributed by atoms with E-state index in [1.54, 1.807) is 6.92 Å². The zero-order valence-corrected chi connectivity index (χ0v) is 10.0. The van der Waals surface area contributed by atoms with Crippen LogP contribution in [0.25, 0.3) is 0 Å². The first-order chi connectivity index (χ1) is 8.08. The topological polar surface area (TPSA) is 39.2 Å². The lowest BCUT2D eigenvalue weighted by molar-refractivity contribution is -0.142. The minimum atomic E-state index is -2.72. The highest BCUT2D eigenvalue weighted by atomic mass is 35.5. The summed E-state index contributed by atoms with van der Waals surface area (Å²) in [6.07, 6.45) is -1.65. The fourth-order valence-electron chi connectivity index (χ4n) is 1.35. The fraction of sp³-hybridized carbons (Fsp3) is 0.455. The monoisotopic (exact) mass is 263 g/mol. The lowest BCUT2D eigenvalue weighted by atomic mass is 10.1. The van der Waals surface area contributed by atoms with Crippen molar-refractivity contribution in [3.05, 3.63) is 29.1 Å². The third kappa shape index (κ3) is 3.93. The van der Waals surface area contributed by atoms with Crippen molar-refractivity contribution in [3.8, 4) is 0 Å². The molecule has 1 aromatic rings. The van der Waals surface area contributed by atoms with E-state index in [0.717, 1.165) is 0 Å². The molecule has 0 unspecified atom stereocenters. The van der Waals surface area contributed by atoms with Gasteiger partial charge in [0.2, 0.25) is 0 Å². The number of nitrogens with zero attached hydrogens (tertiary/aromatic N) is 1.